The van der Waals surface area contributed by atoms with Crippen LogP contribution in [0.3, 0.4) is 0 Å². The zero-order valence-electron chi connectivity index (χ0n) is 13.1. The minimum Gasteiger partial charge on any atom is -0.482 e. The molecule has 0 atom stereocenters. The van der Waals surface area contributed by atoms with Crippen molar-refractivity contribution in [2.75, 3.05) is 25.0 Å². The van der Waals surface area contributed by atoms with Crippen molar-refractivity contribution in [3.8, 4) is 5.75 Å². The van der Waals surface area contributed by atoms with Crippen molar-refractivity contribution in [3.63, 3.8) is 0 Å². The Morgan fingerprint density at radius 2 is 2.09 bits per heavy atom. The van der Waals surface area contributed by atoms with Gasteiger partial charge in [0.05, 0.1) is 5.69 Å². The summed E-state index contributed by atoms with van der Waals surface area (Å²) < 4.78 is 5.33. The van der Waals surface area contributed by atoms with Gasteiger partial charge in [-0.15, -0.1) is 0 Å². The van der Waals surface area contributed by atoms with Gasteiger partial charge in [0.1, 0.15) is 5.75 Å². The molecule has 2 aliphatic rings. The van der Waals surface area contributed by atoms with Crippen LogP contribution in [-0.2, 0) is 4.79 Å². The quantitative estimate of drug-likeness (QED) is 0.867. The van der Waals surface area contributed by atoms with Crippen LogP contribution in [0.25, 0.3) is 0 Å². The zero-order valence-corrected chi connectivity index (χ0v) is 13.1. The van der Waals surface area contributed by atoms with Gasteiger partial charge in [0, 0.05) is 18.7 Å². The largest absolute Gasteiger partial charge is 0.482 e. The molecule has 5 nitrogen and oxygen atoms in total. The molecule has 0 saturated carbocycles. The van der Waals surface area contributed by atoms with Crippen LogP contribution in [0.2, 0.25) is 0 Å². The molecular weight excluding hydrogens is 280 g/mol. The van der Waals surface area contributed by atoms with Crippen LogP contribution < -0.4 is 10.1 Å². The maximum atomic E-state index is 12.7. The van der Waals surface area contributed by atoms with Crippen molar-refractivity contribution >= 4 is 17.5 Å². The highest BCUT2D eigenvalue weighted by molar-refractivity contribution is 5.99. The summed E-state index contributed by atoms with van der Waals surface area (Å²) in [4.78, 5) is 26.0. The lowest BCUT2D eigenvalue weighted by Crippen LogP contribution is -2.32. The number of anilines is 1. The smallest absolute Gasteiger partial charge is 0.262 e. The summed E-state index contributed by atoms with van der Waals surface area (Å²) in [5.74, 6) is 0.460. The van der Waals surface area contributed by atoms with Crippen LogP contribution in [0.1, 0.15) is 43.5 Å². The number of nitrogens with one attached hydrogen (secondary N) is 1. The maximum Gasteiger partial charge on any atom is 0.262 e. The molecule has 0 aliphatic carbocycles. The molecule has 5 heteroatoms. The van der Waals surface area contributed by atoms with E-state index in [0.717, 1.165) is 32.4 Å². The Kier molecular flexibility index (Phi) is 3.81. The Morgan fingerprint density at radius 3 is 2.91 bits per heavy atom. The van der Waals surface area contributed by atoms with E-state index in [4.69, 9.17) is 4.74 Å². The molecular formula is C17H22N2O3. The van der Waals surface area contributed by atoms with Gasteiger partial charge in [-0.3, -0.25) is 9.59 Å². The van der Waals surface area contributed by atoms with Crippen molar-refractivity contribution in [3.05, 3.63) is 23.8 Å². The fourth-order valence-corrected chi connectivity index (χ4v) is 3.02. The lowest BCUT2D eigenvalue weighted by atomic mass is 9.85. The lowest BCUT2D eigenvalue weighted by molar-refractivity contribution is -0.118. The predicted octanol–water partition coefficient (Wildman–Crippen LogP) is 2.67. The van der Waals surface area contributed by atoms with E-state index in [1.807, 2.05) is 4.90 Å². The number of carbonyl (C=O) groups is 2. The van der Waals surface area contributed by atoms with E-state index in [1.54, 1.807) is 18.2 Å². The summed E-state index contributed by atoms with van der Waals surface area (Å²) in [5, 5.41) is 2.75. The number of amides is 2. The van der Waals surface area contributed by atoms with Crippen LogP contribution in [-0.4, -0.2) is 36.4 Å². The van der Waals surface area contributed by atoms with Crippen LogP contribution in [0.4, 0.5) is 5.69 Å². The summed E-state index contributed by atoms with van der Waals surface area (Å²) in [5.41, 5.74) is 1.48. The van der Waals surface area contributed by atoms with Crippen LogP contribution in [0.15, 0.2) is 18.2 Å². The van der Waals surface area contributed by atoms with E-state index in [2.05, 4.69) is 19.2 Å². The summed E-state index contributed by atoms with van der Waals surface area (Å²) in [7, 11) is 0. The van der Waals surface area contributed by atoms with E-state index in [0.29, 0.717) is 22.4 Å². The van der Waals surface area contributed by atoms with Crippen LogP contribution >= 0.6 is 0 Å². The highest BCUT2D eigenvalue weighted by atomic mass is 16.5. The summed E-state index contributed by atoms with van der Waals surface area (Å²) in [6, 6.07) is 5.24. The molecule has 2 amide bonds. The Morgan fingerprint density at radius 1 is 1.27 bits per heavy atom. The first-order valence-electron chi connectivity index (χ1n) is 7.81. The molecule has 118 valence electrons. The predicted molar refractivity (Wildman–Crippen MR) is 84.1 cm³/mol. The number of likely N-dealkylation sites (tertiary alicyclic amines) is 1. The van der Waals surface area contributed by atoms with E-state index in [-0.39, 0.29) is 18.4 Å². The third kappa shape index (κ3) is 3.08. The van der Waals surface area contributed by atoms with Gasteiger partial charge in [-0.1, -0.05) is 13.8 Å². The second-order valence-corrected chi connectivity index (χ2v) is 6.86. The monoisotopic (exact) mass is 302 g/mol. The molecule has 1 aromatic rings. The van der Waals surface area contributed by atoms with E-state index >= 15 is 0 Å². The van der Waals surface area contributed by atoms with Gasteiger partial charge < -0.3 is 15.0 Å². The van der Waals surface area contributed by atoms with Gasteiger partial charge >= 0.3 is 0 Å². The molecule has 0 unspecified atom stereocenters. The Balaban J connectivity index is 1.77. The number of hydrogen-bond donors (Lipinski definition) is 1. The Bertz CT molecular complexity index is 610. The molecule has 1 saturated heterocycles. The fraction of sp³-hybridized carbons (Fsp3) is 0.529. The molecule has 0 spiro atoms. The third-order valence-corrected chi connectivity index (χ3v) is 4.49. The molecule has 1 aromatic carbocycles. The van der Waals surface area contributed by atoms with E-state index < -0.39 is 0 Å². The van der Waals surface area contributed by atoms with Gasteiger partial charge in [-0.25, -0.2) is 0 Å². The minimum atomic E-state index is -0.186. The van der Waals surface area contributed by atoms with Gasteiger partial charge in [0.15, 0.2) is 6.61 Å². The highest BCUT2D eigenvalue weighted by Gasteiger charge is 2.26. The molecule has 0 radical (unpaired) electrons. The van der Waals surface area contributed by atoms with E-state index in [9.17, 15) is 9.59 Å². The molecule has 22 heavy (non-hydrogen) atoms. The topological polar surface area (TPSA) is 58.6 Å². The van der Waals surface area contributed by atoms with Crippen molar-refractivity contribution in [1.29, 1.82) is 0 Å². The fourth-order valence-electron chi connectivity index (χ4n) is 3.02. The van der Waals surface area contributed by atoms with Crippen molar-refractivity contribution in [2.45, 2.75) is 33.1 Å². The van der Waals surface area contributed by atoms with Gasteiger partial charge in [0.25, 0.3) is 11.8 Å². The van der Waals surface area contributed by atoms with Crippen LogP contribution in [0, 0.1) is 5.41 Å². The molecule has 1 fully saturated rings. The second kappa shape index (κ2) is 5.63. The summed E-state index contributed by atoms with van der Waals surface area (Å²) >= 11 is 0. The SMILES string of the molecule is CC1(C)CCCN(C(=O)c2ccc3c(c2)NC(=O)CO3)CC1. The second-order valence-electron chi connectivity index (χ2n) is 6.86. The van der Waals surface area contributed by atoms with E-state index in [1.165, 1.54) is 0 Å². The standard InChI is InChI=1S/C17H22N2O3/c1-17(2)6-3-8-19(9-7-17)16(21)12-4-5-14-13(10-12)18-15(20)11-22-14/h4-5,10H,3,6-9,11H2,1-2H3,(H,18,20). The summed E-state index contributed by atoms with van der Waals surface area (Å²) in [6.07, 6.45) is 3.19. The first kappa shape index (κ1) is 14.9. The molecule has 2 aliphatic heterocycles. The normalized spacial score (nSPS) is 20.5. The Labute approximate surface area is 130 Å². The molecule has 0 aromatic heterocycles. The average molecular weight is 302 g/mol. The number of rotatable bonds is 1. The van der Waals surface area contributed by atoms with Crippen LogP contribution in [0.5, 0.6) is 5.75 Å². The minimum absolute atomic E-state index is 0.0281. The lowest BCUT2D eigenvalue weighted by Gasteiger charge is -2.24. The van der Waals surface area contributed by atoms with Gasteiger partial charge in [0.2, 0.25) is 0 Å². The molecule has 2 heterocycles. The Hall–Kier alpha value is -2.04. The molecule has 3 rings (SSSR count). The number of carbonyl (C=O) groups excluding carboxylic acids is 2. The van der Waals surface area contributed by atoms with Crippen molar-refractivity contribution < 1.29 is 14.3 Å². The number of hydrogen-bond acceptors (Lipinski definition) is 3. The third-order valence-electron chi connectivity index (χ3n) is 4.49. The molecule has 0 bridgehead atoms. The number of ether oxygens (including phenoxy) is 1. The zero-order chi connectivity index (χ0) is 15.7. The number of fused-ring (bicyclic) bond motifs is 1. The average Bonchev–Trinajstić information content (AvgIpc) is 2.66. The maximum absolute atomic E-state index is 12.7. The van der Waals surface area contributed by atoms with Crippen molar-refractivity contribution in [1.82, 2.24) is 4.90 Å². The van der Waals surface area contributed by atoms with Crippen molar-refractivity contribution in [2.24, 2.45) is 5.41 Å². The summed E-state index contributed by atoms with van der Waals surface area (Å²) in [6.45, 7) is 6.12. The molecule has 1 N–H and O–H groups in total. The first-order chi connectivity index (χ1) is 10.4. The van der Waals surface area contributed by atoms with Gasteiger partial charge in [-0.05, 0) is 42.9 Å². The highest BCUT2D eigenvalue weighted by Crippen LogP contribution is 2.32. The number of benzene rings is 1. The first-order valence-corrected chi connectivity index (χ1v) is 7.81. The van der Waals surface area contributed by atoms with Gasteiger partial charge in [-0.2, -0.15) is 0 Å². The number of nitrogens with zero attached hydrogens (tertiary/aromatic N) is 1.